The molecule has 1 fully saturated rings. The van der Waals surface area contributed by atoms with Crippen LogP contribution in [0.4, 0.5) is 5.95 Å². The number of hydrogen-bond donors (Lipinski definition) is 3. The van der Waals surface area contributed by atoms with Gasteiger partial charge < -0.3 is 15.7 Å². The van der Waals surface area contributed by atoms with Crippen LogP contribution in [0, 0.1) is 12.8 Å². The minimum atomic E-state index is -0.869. The molecule has 1 aliphatic rings. The number of aromatic nitrogens is 3. The fourth-order valence-electron chi connectivity index (χ4n) is 3.38. The van der Waals surface area contributed by atoms with Crippen LogP contribution in [-0.2, 0) is 16.0 Å². The number of carbonyl (C=O) groups is 2. The normalized spacial score (nSPS) is 20.0. The highest BCUT2D eigenvalue weighted by Gasteiger charge is 2.40. The Bertz CT molecular complexity index is 788. The van der Waals surface area contributed by atoms with Crippen LogP contribution in [0.2, 0.25) is 0 Å². The highest BCUT2D eigenvalue weighted by Crippen LogP contribution is 2.34. The number of carboxylic acids is 1. The lowest BCUT2D eigenvalue weighted by atomic mass is 9.86. The van der Waals surface area contributed by atoms with Gasteiger partial charge in [0.1, 0.15) is 5.82 Å². The Kier molecular flexibility index (Phi) is 4.69. The number of nitrogens with two attached hydrogens (primary N) is 1. The van der Waals surface area contributed by atoms with Gasteiger partial charge in [-0.05, 0) is 18.1 Å². The molecule has 0 unspecified atom stereocenters. The van der Waals surface area contributed by atoms with E-state index < -0.39 is 11.9 Å². The van der Waals surface area contributed by atoms with Crippen LogP contribution in [0.1, 0.15) is 29.3 Å². The molecule has 2 aromatic rings. The van der Waals surface area contributed by atoms with Crippen molar-refractivity contribution in [1.29, 1.82) is 0 Å². The molecule has 0 radical (unpaired) electrons. The standard InChI is InChI=1S/C17H21N5O3/c1-10-4-2-3-5-11(10)12-8-22(9-13(12)16(24)25)15(23)7-6-14-19-17(18)21-20-14/h2-5,12-13H,6-9H2,1H3,(H,24,25)(H3,18,19,20,21)/t12-,13+/m0/s1. The van der Waals surface area contributed by atoms with E-state index in [9.17, 15) is 14.7 Å². The van der Waals surface area contributed by atoms with Crippen molar-refractivity contribution >= 4 is 17.8 Å². The molecule has 0 bridgehead atoms. The first-order chi connectivity index (χ1) is 12.0. The van der Waals surface area contributed by atoms with E-state index >= 15 is 0 Å². The number of carboxylic acid groups (broad SMARTS) is 1. The molecule has 1 aromatic heterocycles. The molecule has 0 saturated carbocycles. The predicted molar refractivity (Wildman–Crippen MR) is 90.7 cm³/mol. The summed E-state index contributed by atoms with van der Waals surface area (Å²) in [7, 11) is 0. The lowest BCUT2D eigenvalue weighted by molar-refractivity contribution is -0.141. The summed E-state index contributed by atoms with van der Waals surface area (Å²) < 4.78 is 0. The van der Waals surface area contributed by atoms with Gasteiger partial charge in [-0.2, -0.15) is 4.98 Å². The number of benzene rings is 1. The maximum atomic E-state index is 12.5. The molecule has 2 atom stereocenters. The molecule has 3 rings (SSSR count). The van der Waals surface area contributed by atoms with Crippen LogP contribution >= 0.6 is 0 Å². The van der Waals surface area contributed by atoms with Crippen molar-refractivity contribution in [2.24, 2.45) is 5.92 Å². The number of nitrogens with one attached hydrogen (secondary N) is 1. The number of aliphatic carboxylic acids is 1. The van der Waals surface area contributed by atoms with Crippen LogP contribution in [0.25, 0.3) is 0 Å². The number of hydrogen-bond acceptors (Lipinski definition) is 5. The van der Waals surface area contributed by atoms with Crippen LogP contribution in [0.15, 0.2) is 24.3 Å². The van der Waals surface area contributed by atoms with Crippen LogP contribution in [0.3, 0.4) is 0 Å². The molecule has 132 valence electrons. The summed E-state index contributed by atoms with van der Waals surface area (Å²) in [4.78, 5) is 29.8. The zero-order valence-corrected chi connectivity index (χ0v) is 14.0. The third kappa shape index (κ3) is 3.62. The lowest BCUT2D eigenvalue weighted by Crippen LogP contribution is -2.30. The Balaban J connectivity index is 1.70. The number of nitrogen functional groups attached to an aromatic ring is 1. The first-order valence-corrected chi connectivity index (χ1v) is 8.18. The molecule has 1 amide bonds. The summed E-state index contributed by atoms with van der Waals surface area (Å²) in [5, 5.41) is 16.0. The van der Waals surface area contributed by atoms with Crippen molar-refractivity contribution < 1.29 is 14.7 Å². The Labute approximate surface area is 145 Å². The van der Waals surface area contributed by atoms with Gasteiger partial charge in [-0.15, -0.1) is 5.10 Å². The van der Waals surface area contributed by atoms with Crippen molar-refractivity contribution in [3.8, 4) is 0 Å². The van der Waals surface area contributed by atoms with E-state index in [0.29, 0.717) is 18.8 Å². The minimum Gasteiger partial charge on any atom is -0.481 e. The fraction of sp³-hybridized carbons (Fsp3) is 0.412. The van der Waals surface area contributed by atoms with Gasteiger partial charge in [0.2, 0.25) is 11.9 Å². The predicted octanol–water partition coefficient (Wildman–Crippen LogP) is 0.955. The monoisotopic (exact) mass is 343 g/mol. The van der Waals surface area contributed by atoms with Gasteiger partial charge in [0.15, 0.2) is 0 Å². The van der Waals surface area contributed by atoms with Crippen molar-refractivity contribution in [3.05, 3.63) is 41.2 Å². The quantitative estimate of drug-likeness (QED) is 0.742. The summed E-state index contributed by atoms with van der Waals surface area (Å²) >= 11 is 0. The molecule has 8 heteroatoms. The minimum absolute atomic E-state index is 0.0858. The van der Waals surface area contributed by atoms with Gasteiger partial charge in [-0.25, -0.2) is 0 Å². The van der Waals surface area contributed by atoms with Crippen molar-refractivity contribution in [2.45, 2.75) is 25.7 Å². The lowest BCUT2D eigenvalue weighted by Gasteiger charge is -2.18. The molecule has 0 aliphatic carbocycles. The average Bonchev–Trinajstić information content (AvgIpc) is 3.19. The molecule has 1 saturated heterocycles. The first-order valence-electron chi connectivity index (χ1n) is 8.18. The fourth-order valence-corrected chi connectivity index (χ4v) is 3.38. The van der Waals surface area contributed by atoms with Gasteiger partial charge >= 0.3 is 5.97 Å². The van der Waals surface area contributed by atoms with Crippen molar-refractivity contribution in [3.63, 3.8) is 0 Å². The maximum absolute atomic E-state index is 12.5. The van der Waals surface area contributed by atoms with E-state index in [2.05, 4.69) is 15.2 Å². The zero-order valence-electron chi connectivity index (χ0n) is 14.0. The second-order valence-corrected chi connectivity index (χ2v) is 6.35. The van der Waals surface area contributed by atoms with Crippen LogP contribution in [0.5, 0.6) is 0 Å². The van der Waals surface area contributed by atoms with E-state index in [1.54, 1.807) is 4.90 Å². The number of H-pyrrole nitrogens is 1. The molecule has 1 aromatic carbocycles. The number of aromatic amines is 1. The number of anilines is 1. The van der Waals surface area contributed by atoms with Crippen molar-refractivity contribution in [2.75, 3.05) is 18.8 Å². The highest BCUT2D eigenvalue weighted by molar-refractivity contribution is 5.80. The number of likely N-dealkylation sites (tertiary alicyclic amines) is 1. The zero-order chi connectivity index (χ0) is 18.0. The Hall–Kier alpha value is -2.90. The second-order valence-electron chi connectivity index (χ2n) is 6.35. The number of amides is 1. The summed E-state index contributed by atoms with van der Waals surface area (Å²) in [6.07, 6.45) is 0.633. The van der Waals surface area contributed by atoms with Crippen molar-refractivity contribution in [1.82, 2.24) is 20.1 Å². The third-order valence-electron chi connectivity index (χ3n) is 4.70. The Morgan fingerprint density at radius 1 is 1.36 bits per heavy atom. The largest absolute Gasteiger partial charge is 0.481 e. The molecule has 2 heterocycles. The number of carbonyl (C=O) groups excluding carboxylic acids is 1. The smallest absolute Gasteiger partial charge is 0.308 e. The molecule has 25 heavy (non-hydrogen) atoms. The number of nitrogens with zero attached hydrogens (tertiary/aromatic N) is 3. The Morgan fingerprint density at radius 3 is 2.76 bits per heavy atom. The maximum Gasteiger partial charge on any atom is 0.308 e. The average molecular weight is 343 g/mol. The Morgan fingerprint density at radius 2 is 2.12 bits per heavy atom. The topological polar surface area (TPSA) is 125 Å². The molecule has 1 aliphatic heterocycles. The van der Waals surface area contributed by atoms with E-state index in [1.165, 1.54) is 0 Å². The molecular formula is C17H21N5O3. The summed E-state index contributed by atoms with van der Waals surface area (Å²) in [6, 6.07) is 7.74. The van der Waals surface area contributed by atoms with E-state index in [4.69, 9.17) is 5.73 Å². The molecular weight excluding hydrogens is 322 g/mol. The van der Waals surface area contributed by atoms with Crippen LogP contribution in [-0.4, -0.2) is 50.2 Å². The van der Waals surface area contributed by atoms with Crippen LogP contribution < -0.4 is 5.73 Å². The summed E-state index contributed by atoms with van der Waals surface area (Å²) in [6.45, 7) is 2.61. The molecule has 4 N–H and O–H groups in total. The summed E-state index contributed by atoms with van der Waals surface area (Å²) in [5.74, 6) is -1.04. The van der Waals surface area contributed by atoms with Gasteiger partial charge in [0.25, 0.3) is 0 Å². The van der Waals surface area contributed by atoms with Gasteiger partial charge in [-0.3, -0.25) is 14.7 Å². The second kappa shape index (κ2) is 6.92. The van der Waals surface area contributed by atoms with E-state index in [1.807, 2.05) is 31.2 Å². The van der Waals surface area contributed by atoms with E-state index in [-0.39, 0.29) is 30.7 Å². The number of rotatable bonds is 5. The van der Waals surface area contributed by atoms with Gasteiger partial charge in [0, 0.05) is 31.8 Å². The molecule has 0 spiro atoms. The van der Waals surface area contributed by atoms with Gasteiger partial charge in [-0.1, -0.05) is 24.3 Å². The van der Waals surface area contributed by atoms with E-state index in [0.717, 1.165) is 11.1 Å². The molecule has 8 nitrogen and oxygen atoms in total. The summed E-state index contributed by atoms with van der Waals surface area (Å²) in [5.41, 5.74) is 7.48. The first kappa shape index (κ1) is 16.9. The number of aryl methyl sites for hydroxylation is 2. The SMILES string of the molecule is Cc1ccccc1[C@@H]1CN(C(=O)CCc2nc(N)n[nH]2)C[C@H]1C(=O)O. The highest BCUT2D eigenvalue weighted by atomic mass is 16.4. The van der Waals surface area contributed by atoms with Gasteiger partial charge in [0.05, 0.1) is 5.92 Å². The third-order valence-corrected chi connectivity index (χ3v) is 4.70.